The molecular formula is C14H24N2O3S. The number of hydrogen-bond donors (Lipinski definition) is 1. The van der Waals surface area contributed by atoms with Crippen molar-refractivity contribution < 1.29 is 13.8 Å². The smallest absolute Gasteiger partial charge is 0.248 e. The second kappa shape index (κ2) is 6.24. The van der Waals surface area contributed by atoms with Crippen LogP contribution in [-0.4, -0.2) is 51.1 Å². The number of amides is 2. The first-order valence-corrected chi connectivity index (χ1v) is 8.99. The van der Waals surface area contributed by atoms with E-state index in [9.17, 15) is 13.8 Å². The van der Waals surface area contributed by atoms with E-state index in [1.54, 1.807) is 11.2 Å². The summed E-state index contributed by atoms with van der Waals surface area (Å²) in [5.41, 5.74) is -0.694. The molecule has 2 rings (SSSR count). The molecule has 2 fully saturated rings. The zero-order chi connectivity index (χ0) is 14.8. The van der Waals surface area contributed by atoms with Gasteiger partial charge in [-0.05, 0) is 19.8 Å². The second-order valence-electron chi connectivity index (χ2n) is 6.00. The molecule has 0 bridgehead atoms. The van der Waals surface area contributed by atoms with Crippen molar-refractivity contribution in [3.05, 3.63) is 0 Å². The largest absolute Gasteiger partial charge is 0.342 e. The molecule has 1 aliphatic heterocycles. The Morgan fingerprint density at radius 1 is 1.30 bits per heavy atom. The van der Waals surface area contributed by atoms with Crippen LogP contribution in [0.5, 0.6) is 0 Å². The third-order valence-electron chi connectivity index (χ3n) is 4.44. The maximum absolute atomic E-state index is 12.8. The fraction of sp³-hybridized carbons (Fsp3) is 0.857. The van der Waals surface area contributed by atoms with Crippen LogP contribution in [0, 0.1) is 0 Å². The number of hydrogen-bond acceptors (Lipinski definition) is 3. The van der Waals surface area contributed by atoms with Gasteiger partial charge in [-0.3, -0.25) is 13.8 Å². The predicted molar refractivity (Wildman–Crippen MR) is 78.7 cm³/mol. The number of carbonyl (C=O) groups is 2. The van der Waals surface area contributed by atoms with Crippen molar-refractivity contribution in [2.24, 2.45) is 0 Å². The number of rotatable bonds is 3. The number of nitrogens with one attached hydrogen (secondary N) is 1. The quantitative estimate of drug-likeness (QED) is 0.838. The molecule has 0 radical (unpaired) electrons. The Hall–Kier alpha value is -0.910. The molecule has 1 spiro atoms. The minimum Gasteiger partial charge on any atom is -0.342 e. The Kier molecular flexibility index (Phi) is 4.83. The first kappa shape index (κ1) is 15.5. The van der Waals surface area contributed by atoms with Crippen molar-refractivity contribution in [1.82, 2.24) is 10.2 Å². The Labute approximate surface area is 122 Å². The molecule has 114 valence electrons. The van der Waals surface area contributed by atoms with Gasteiger partial charge in [-0.15, -0.1) is 0 Å². The zero-order valence-electron chi connectivity index (χ0n) is 12.3. The minimum atomic E-state index is -0.957. The number of nitrogens with zero attached hydrogens (tertiary/aromatic N) is 1. The topological polar surface area (TPSA) is 66.5 Å². The molecule has 1 heterocycles. The van der Waals surface area contributed by atoms with Gasteiger partial charge in [0.05, 0.1) is 0 Å². The minimum absolute atomic E-state index is 0.0281. The van der Waals surface area contributed by atoms with Crippen molar-refractivity contribution in [2.75, 3.05) is 19.3 Å². The molecule has 2 aliphatic rings. The monoisotopic (exact) mass is 300 g/mol. The van der Waals surface area contributed by atoms with Crippen LogP contribution in [0.2, 0.25) is 0 Å². The second-order valence-corrected chi connectivity index (χ2v) is 7.80. The normalized spacial score (nSPS) is 26.0. The van der Waals surface area contributed by atoms with Gasteiger partial charge in [0, 0.05) is 41.8 Å². The van der Waals surface area contributed by atoms with E-state index in [0.717, 1.165) is 32.1 Å². The van der Waals surface area contributed by atoms with Gasteiger partial charge in [0.25, 0.3) is 0 Å². The van der Waals surface area contributed by atoms with Gasteiger partial charge >= 0.3 is 0 Å². The highest BCUT2D eigenvalue weighted by atomic mass is 32.2. The molecule has 0 aromatic rings. The van der Waals surface area contributed by atoms with Gasteiger partial charge in [-0.2, -0.15) is 0 Å². The lowest BCUT2D eigenvalue weighted by molar-refractivity contribution is -0.140. The SMILES string of the molecule is CC(CN1CCC(=O)NC2(CCCCC2)C1=O)S(C)=O. The Bertz CT molecular complexity index is 419. The molecule has 2 unspecified atom stereocenters. The molecular weight excluding hydrogens is 276 g/mol. The molecule has 0 aromatic carbocycles. The Morgan fingerprint density at radius 2 is 1.95 bits per heavy atom. The lowest BCUT2D eigenvalue weighted by Gasteiger charge is -2.38. The van der Waals surface area contributed by atoms with E-state index in [1.165, 1.54) is 0 Å². The summed E-state index contributed by atoms with van der Waals surface area (Å²) in [5.74, 6) is -0.00614. The van der Waals surface area contributed by atoms with Crippen LogP contribution in [0.25, 0.3) is 0 Å². The molecule has 1 saturated carbocycles. The van der Waals surface area contributed by atoms with Crippen LogP contribution in [-0.2, 0) is 20.4 Å². The summed E-state index contributed by atoms with van der Waals surface area (Å²) in [6.45, 7) is 2.80. The maximum atomic E-state index is 12.8. The van der Waals surface area contributed by atoms with Crippen LogP contribution >= 0.6 is 0 Å². The van der Waals surface area contributed by atoms with Crippen molar-refractivity contribution in [1.29, 1.82) is 0 Å². The van der Waals surface area contributed by atoms with E-state index in [1.807, 2.05) is 6.92 Å². The summed E-state index contributed by atoms with van der Waals surface area (Å²) in [6.07, 6.45) is 6.56. The number of carbonyl (C=O) groups excluding carboxylic acids is 2. The molecule has 2 amide bonds. The third-order valence-corrected chi connectivity index (χ3v) is 5.72. The first-order chi connectivity index (χ1) is 9.44. The lowest BCUT2D eigenvalue weighted by atomic mass is 9.80. The van der Waals surface area contributed by atoms with Crippen molar-refractivity contribution in [2.45, 2.75) is 56.2 Å². The zero-order valence-corrected chi connectivity index (χ0v) is 13.1. The highest BCUT2D eigenvalue weighted by Crippen LogP contribution is 2.31. The predicted octanol–water partition coefficient (Wildman–Crippen LogP) is 0.805. The summed E-state index contributed by atoms with van der Waals surface area (Å²) in [6, 6.07) is 0. The molecule has 1 aliphatic carbocycles. The van der Waals surface area contributed by atoms with Gasteiger partial charge < -0.3 is 10.2 Å². The molecule has 0 aromatic heterocycles. The highest BCUT2D eigenvalue weighted by molar-refractivity contribution is 7.84. The van der Waals surface area contributed by atoms with Gasteiger partial charge in [-0.1, -0.05) is 19.3 Å². The van der Waals surface area contributed by atoms with Crippen molar-refractivity contribution in [3.8, 4) is 0 Å². The summed E-state index contributed by atoms with van der Waals surface area (Å²) < 4.78 is 11.5. The van der Waals surface area contributed by atoms with Crippen LogP contribution in [0.1, 0.15) is 45.4 Å². The van der Waals surface area contributed by atoms with Crippen LogP contribution in [0.15, 0.2) is 0 Å². The van der Waals surface area contributed by atoms with Crippen LogP contribution in [0.3, 0.4) is 0 Å². The molecule has 6 heteroatoms. The highest BCUT2D eigenvalue weighted by Gasteiger charge is 2.45. The lowest BCUT2D eigenvalue weighted by Crippen LogP contribution is -2.58. The van der Waals surface area contributed by atoms with Crippen LogP contribution < -0.4 is 5.32 Å². The van der Waals surface area contributed by atoms with Crippen molar-refractivity contribution in [3.63, 3.8) is 0 Å². The summed E-state index contributed by atoms with van der Waals surface area (Å²) in [4.78, 5) is 26.5. The molecule has 20 heavy (non-hydrogen) atoms. The third kappa shape index (κ3) is 3.22. The van der Waals surface area contributed by atoms with Gasteiger partial charge in [0.1, 0.15) is 5.54 Å². The molecule has 1 saturated heterocycles. The van der Waals surface area contributed by atoms with E-state index in [4.69, 9.17) is 0 Å². The first-order valence-electron chi connectivity index (χ1n) is 7.37. The van der Waals surface area contributed by atoms with Crippen molar-refractivity contribution >= 4 is 22.6 Å². The van der Waals surface area contributed by atoms with E-state index < -0.39 is 16.3 Å². The van der Waals surface area contributed by atoms with Gasteiger partial charge in [0.15, 0.2) is 0 Å². The summed E-state index contributed by atoms with van der Waals surface area (Å²) in [7, 11) is -0.957. The molecule has 2 atom stereocenters. The fourth-order valence-electron chi connectivity index (χ4n) is 3.11. The van der Waals surface area contributed by atoms with Crippen LogP contribution in [0.4, 0.5) is 0 Å². The Balaban J connectivity index is 2.18. The average molecular weight is 300 g/mol. The fourth-order valence-corrected chi connectivity index (χ4v) is 3.50. The van der Waals surface area contributed by atoms with Gasteiger partial charge in [0.2, 0.25) is 11.8 Å². The standard InChI is InChI=1S/C14H24N2O3S/c1-11(20(2)19)10-16-9-6-12(17)15-14(13(16)18)7-4-3-5-8-14/h11H,3-10H2,1-2H3,(H,15,17). The van der Waals surface area contributed by atoms with E-state index >= 15 is 0 Å². The van der Waals surface area contributed by atoms with E-state index in [0.29, 0.717) is 19.5 Å². The molecule has 5 nitrogen and oxygen atoms in total. The summed E-state index contributed by atoms with van der Waals surface area (Å²) in [5, 5.41) is 2.91. The molecule has 1 N–H and O–H groups in total. The van der Waals surface area contributed by atoms with Gasteiger partial charge in [-0.25, -0.2) is 0 Å². The summed E-state index contributed by atoms with van der Waals surface area (Å²) >= 11 is 0. The van der Waals surface area contributed by atoms with E-state index in [2.05, 4.69) is 5.32 Å². The maximum Gasteiger partial charge on any atom is 0.248 e. The average Bonchev–Trinajstić information content (AvgIpc) is 2.52. The van der Waals surface area contributed by atoms with E-state index in [-0.39, 0.29) is 17.1 Å². The Morgan fingerprint density at radius 3 is 2.55 bits per heavy atom.